The van der Waals surface area contributed by atoms with Crippen LogP contribution in [0.1, 0.15) is 23.5 Å². The molecule has 0 fully saturated rings. The van der Waals surface area contributed by atoms with Gasteiger partial charge < -0.3 is 10.4 Å². The molecule has 9 nitrogen and oxygen atoms in total. The molecule has 5 rings (SSSR count). The Morgan fingerprint density at radius 1 is 0.902 bits per heavy atom. The molecule has 2 heterocycles. The van der Waals surface area contributed by atoms with Gasteiger partial charge >= 0.3 is 5.97 Å². The van der Waals surface area contributed by atoms with Crippen molar-refractivity contribution in [2.45, 2.75) is 24.8 Å². The Balaban J connectivity index is 1.29. The van der Waals surface area contributed by atoms with Crippen LogP contribution in [-0.2, 0) is 21.9 Å². The molecule has 0 spiro atoms. The van der Waals surface area contributed by atoms with E-state index < -0.39 is 28.0 Å². The molecule has 0 saturated heterocycles. The average Bonchev–Trinajstić information content (AvgIpc) is 3.53. The topological polar surface area (TPSA) is 130 Å². The molecule has 1 amide bonds. The number of carboxylic acid groups (broad SMARTS) is 1. The van der Waals surface area contributed by atoms with E-state index in [-0.39, 0.29) is 10.8 Å². The summed E-state index contributed by atoms with van der Waals surface area (Å²) in [6.45, 7) is 3.27. The van der Waals surface area contributed by atoms with Crippen molar-refractivity contribution in [2.24, 2.45) is 13.0 Å². The van der Waals surface area contributed by atoms with Crippen LogP contribution >= 0.6 is 11.3 Å². The number of hydrogen-bond acceptors (Lipinski definition) is 6. The van der Waals surface area contributed by atoms with Gasteiger partial charge in [-0.3, -0.25) is 14.3 Å². The molecule has 2 aromatic heterocycles. The van der Waals surface area contributed by atoms with E-state index in [0.717, 1.165) is 32.6 Å². The van der Waals surface area contributed by atoms with Gasteiger partial charge in [0.25, 0.3) is 5.91 Å². The number of carboxylic acids is 1. The van der Waals surface area contributed by atoms with Crippen molar-refractivity contribution in [1.82, 2.24) is 14.5 Å². The van der Waals surface area contributed by atoms with E-state index in [4.69, 9.17) is 0 Å². The van der Waals surface area contributed by atoms with Gasteiger partial charge in [-0.1, -0.05) is 68.4 Å². The Kier molecular flexibility index (Phi) is 7.76. The van der Waals surface area contributed by atoms with Gasteiger partial charge in [0.2, 0.25) is 10.0 Å². The predicted molar refractivity (Wildman–Crippen MR) is 160 cm³/mol. The first-order chi connectivity index (χ1) is 19.5. The third kappa shape index (κ3) is 5.92. The number of nitrogens with zero attached hydrogens (tertiary/aromatic N) is 2. The van der Waals surface area contributed by atoms with E-state index in [0.29, 0.717) is 10.6 Å². The maximum atomic E-state index is 13.1. The zero-order valence-corrected chi connectivity index (χ0v) is 24.2. The number of hydrogen-bond donors (Lipinski definition) is 3. The summed E-state index contributed by atoms with van der Waals surface area (Å²) in [6.07, 6.45) is 0. The van der Waals surface area contributed by atoms with Crippen molar-refractivity contribution in [3.05, 3.63) is 89.8 Å². The summed E-state index contributed by atoms with van der Waals surface area (Å²) in [5, 5.41) is 17.8. The minimum Gasteiger partial charge on any atom is -0.480 e. The van der Waals surface area contributed by atoms with Gasteiger partial charge in [-0.25, -0.2) is 8.42 Å². The summed E-state index contributed by atoms with van der Waals surface area (Å²) in [5.74, 6) is -1.86. The lowest BCUT2D eigenvalue weighted by Gasteiger charge is -2.18. The molecular formula is C30H28N4O5S2. The first kappa shape index (κ1) is 28.2. The van der Waals surface area contributed by atoms with Gasteiger partial charge in [-0.05, 0) is 47.4 Å². The van der Waals surface area contributed by atoms with Gasteiger partial charge in [-0.2, -0.15) is 9.82 Å². The van der Waals surface area contributed by atoms with Crippen LogP contribution < -0.4 is 10.0 Å². The van der Waals surface area contributed by atoms with Gasteiger partial charge in [0, 0.05) is 23.7 Å². The van der Waals surface area contributed by atoms with E-state index in [1.165, 1.54) is 23.5 Å². The van der Waals surface area contributed by atoms with Crippen molar-refractivity contribution < 1.29 is 23.1 Å². The van der Waals surface area contributed by atoms with E-state index in [9.17, 15) is 23.1 Å². The Labute approximate surface area is 241 Å². The average molecular weight is 589 g/mol. The Hall–Kier alpha value is -4.32. The summed E-state index contributed by atoms with van der Waals surface area (Å²) >= 11 is 1.38. The van der Waals surface area contributed by atoms with E-state index in [1.807, 2.05) is 55.6 Å². The van der Waals surface area contributed by atoms with Crippen molar-refractivity contribution in [1.29, 1.82) is 0 Å². The smallest absolute Gasteiger partial charge is 0.322 e. The molecule has 41 heavy (non-hydrogen) atoms. The van der Waals surface area contributed by atoms with Crippen molar-refractivity contribution in [2.75, 3.05) is 5.32 Å². The molecule has 3 aromatic carbocycles. The highest BCUT2D eigenvalue weighted by Crippen LogP contribution is 2.34. The highest BCUT2D eigenvalue weighted by atomic mass is 32.2. The van der Waals surface area contributed by atoms with E-state index >= 15 is 0 Å². The number of benzene rings is 3. The zero-order valence-electron chi connectivity index (χ0n) is 22.5. The summed E-state index contributed by atoms with van der Waals surface area (Å²) in [5.41, 5.74) is 4.03. The molecular weight excluding hydrogens is 560 g/mol. The van der Waals surface area contributed by atoms with Gasteiger partial charge in [0.15, 0.2) is 0 Å². The normalized spacial score (nSPS) is 12.5. The fourth-order valence-corrected chi connectivity index (χ4v) is 6.74. The lowest BCUT2D eigenvalue weighted by Crippen LogP contribution is -2.44. The molecule has 0 aliphatic heterocycles. The predicted octanol–water partition coefficient (Wildman–Crippen LogP) is 5.61. The third-order valence-corrected chi connectivity index (χ3v) is 9.30. The van der Waals surface area contributed by atoms with Gasteiger partial charge in [0.05, 0.1) is 9.77 Å². The summed E-state index contributed by atoms with van der Waals surface area (Å²) in [6, 6.07) is 23.9. The molecule has 210 valence electrons. The number of amides is 1. The Bertz CT molecular complexity index is 1830. The van der Waals surface area contributed by atoms with Crippen molar-refractivity contribution >= 4 is 49.1 Å². The maximum Gasteiger partial charge on any atom is 0.322 e. The minimum absolute atomic E-state index is 0.0222. The first-order valence-corrected chi connectivity index (χ1v) is 15.1. The first-order valence-electron chi connectivity index (χ1n) is 12.8. The lowest BCUT2D eigenvalue weighted by atomic mass is 10.1. The largest absolute Gasteiger partial charge is 0.480 e. The molecule has 11 heteroatoms. The minimum atomic E-state index is -4.00. The van der Waals surface area contributed by atoms with Crippen LogP contribution in [-0.4, -0.2) is 41.2 Å². The molecule has 3 N–H and O–H groups in total. The van der Waals surface area contributed by atoms with Crippen LogP contribution in [0.4, 0.5) is 5.69 Å². The number of aliphatic carboxylic acids is 1. The van der Waals surface area contributed by atoms with E-state index in [1.54, 1.807) is 42.8 Å². The SMILES string of the molecule is CC(C)[C@H](NS(=O)(=O)c1ccc(-c2ccc(NC(=O)c3cc4c(-c5ccccc5)nn(C)c4s3)cc2)cc1)C(=O)O. The van der Waals surface area contributed by atoms with E-state index in [2.05, 4.69) is 15.1 Å². The Morgan fingerprint density at radius 2 is 1.51 bits per heavy atom. The van der Waals surface area contributed by atoms with Crippen LogP contribution in [0.2, 0.25) is 0 Å². The molecule has 0 radical (unpaired) electrons. The number of aromatic nitrogens is 2. The number of rotatable bonds is 9. The molecule has 0 bridgehead atoms. The number of carbonyl (C=O) groups excluding carboxylic acids is 1. The lowest BCUT2D eigenvalue weighted by molar-refractivity contribution is -0.140. The second kappa shape index (κ2) is 11.3. The Morgan fingerprint density at radius 3 is 2.10 bits per heavy atom. The third-order valence-electron chi connectivity index (χ3n) is 6.64. The molecule has 5 aromatic rings. The summed E-state index contributed by atoms with van der Waals surface area (Å²) < 4.78 is 29.4. The second-order valence-electron chi connectivity index (χ2n) is 9.90. The number of anilines is 1. The van der Waals surface area contributed by atoms with Crippen LogP contribution in [0.25, 0.3) is 32.6 Å². The van der Waals surface area contributed by atoms with Gasteiger partial charge in [0.1, 0.15) is 16.6 Å². The number of carbonyl (C=O) groups is 2. The van der Waals surface area contributed by atoms with Crippen LogP contribution in [0.3, 0.4) is 0 Å². The quantitative estimate of drug-likeness (QED) is 0.205. The van der Waals surface area contributed by atoms with Crippen LogP contribution in [0, 0.1) is 5.92 Å². The zero-order chi connectivity index (χ0) is 29.3. The number of thiophene rings is 1. The number of fused-ring (bicyclic) bond motifs is 1. The highest BCUT2D eigenvalue weighted by Gasteiger charge is 2.28. The fourth-order valence-electron chi connectivity index (χ4n) is 4.43. The van der Waals surface area contributed by atoms with Crippen molar-refractivity contribution in [3.8, 4) is 22.4 Å². The molecule has 0 saturated carbocycles. The maximum absolute atomic E-state index is 13.1. The van der Waals surface area contributed by atoms with Crippen molar-refractivity contribution in [3.63, 3.8) is 0 Å². The molecule has 1 atom stereocenters. The molecule has 0 unspecified atom stereocenters. The number of aryl methyl sites for hydroxylation is 1. The van der Waals surface area contributed by atoms with Crippen LogP contribution in [0.15, 0.2) is 89.8 Å². The fraction of sp³-hybridized carbons (Fsp3) is 0.167. The monoisotopic (exact) mass is 588 g/mol. The molecule has 0 aliphatic rings. The summed E-state index contributed by atoms with van der Waals surface area (Å²) in [7, 11) is -2.14. The molecule has 0 aliphatic carbocycles. The summed E-state index contributed by atoms with van der Waals surface area (Å²) in [4.78, 5) is 25.9. The van der Waals surface area contributed by atoms with Crippen LogP contribution in [0.5, 0.6) is 0 Å². The number of sulfonamides is 1. The number of nitrogens with one attached hydrogen (secondary N) is 2. The second-order valence-corrected chi connectivity index (χ2v) is 12.6. The standard InChI is InChI=1S/C30H28N4O5S2/c1-18(2)26(30(36)37)33-41(38,39)23-15-11-20(12-16-23)19-9-13-22(14-10-19)31-28(35)25-17-24-27(21-7-5-4-6-8-21)32-34(3)29(24)40-25/h4-18,26,33H,1-3H3,(H,31,35)(H,36,37)/t26-/m0/s1. The van der Waals surface area contributed by atoms with Gasteiger partial charge in [-0.15, -0.1) is 11.3 Å². The highest BCUT2D eigenvalue weighted by molar-refractivity contribution is 7.89.